The van der Waals surface area contributed by atoms with Gasteiger partial charge in [0.05, 0.1) is 6.04 Å². The van der Waals surface area contributed by atoms with E-state index in [-0.39, 0.29) is 0 Å². The molecule has 10 rings (SSSR count). The third-order valence-electron chi connectivity index (χ3n) is 11.3. The number of rotatable bonds is 2. The predicted octanol–water partition coefficient (Wildman–Crippen LogP) is 8.23. The maximum Gasteiger partial charge on any atom is 0.0560 e. The van der Waals surface area contributed by atoms with Gasteiger partial charge in [-0.15, -0.1) is 0 Å². The zero-order valence-electron chi connectivity index (χ0n) is 20.6. The Labute approximate surface area is 209 Å². The Hall–Kier alpha value is -2.54. The van der Waals surface area contributed by atoms with Gasteiger partial charge in [-0.05, 0) is 132 Å². The standard InChI is InChI=1S/C34H35N/c1-3-23-7-8-24-9-11-29(27(5-1)32(23)24)33-28-6-2-4-26(28)30-16-25(10-12-31(30)35-33)34-17-20-13-21(18-34)15-22(14-20)19-34/h1-5,9-12,16,20-22,26,28,33,35H,6-8,13-15,17-19H2/t20?,21?,22?,26-,28+,33-,34?/m1/s1. The monoisotopic (exact) mass is 457 g/mol. The van der Waals surface area contributed by atoms with E-state index in [4.69, 9.17) is 0 Å². The van der Waals surface area contributed by atoms with E-state index in [1.807, 2.05) is 0 Å². The van der Waals surface area contributed by atoms with Crippen molar-refractivity contribution in [2.45, 2.75) is 75.2 Å². The molecule has 0 aromatic heterocycles. The molecule has 3 aromatic rings. The number of aryl methyl sites for hydroxylation is 2. The van der Waals surface area contributed by atoms with E-state index in [1.54, 1.807) is 27.6 Å². The van der Waals surface area contributed by atoms with Gasteiger partial charge in [0.1, 0.15) is 0 Å². The Bertz CT molecular complexity index is 1360. The van der Waals surface area contributed by atoms with Gasteiger partial charge >= 0.3 is 0 Å². The average Bonchev–Trinajstić information content (AvgIpc) is 3.52. The predicted molar refractivity (Wildman–Crippen MR) is 144 cm³/mol. The van der Waals surface area contributed by atoms with Crippen LogP contribution in [-0.2, 0) is 18.3 Å². The average molecular weight is 458 g/mol. The summed E-state index contributed by atoms with van der Waals surface area (Å²) < 4.78 is 0. The minimum Gasteiger partial charge on any atom is -0.378 e. The van der Waals surface area contributed by atoms with Crippen molar-refractivity contribution in [3.05, 3.63) is 88.5 Å². The molecule has 0 radical (unpaired) electrons. The van der Waals surface area contributed by atoms with Gasteiger partial charge in [-0.3, -0.25) is 0 Å². The highest BCUT2D eigenvalue weighted by molar-refractivity contribution is 5.94. The van der Waals surface area contributed by atoms with E-state index in [9.17, 15) is 0 Å². The van der Waals surface area contributed by atoms with Gasteiger partial charge in [0.15, 0.2) is 0 Å². The van der Waals surface area contributed by atoms with E-state index in [1.165, 1.54) is 74.4 Å². The van der Waals surface area contributed by atoms with Gasteiger partial charge in [-0.2, -0.15) is 0 Å². The molecule has 0 saturated heterocycles. The molecular weight excluding hydrogens is 422 g/mol. The first kappa shape index (κ1) is 19.6. The molecule has 1 heterocycles. The first-order valence-electron chi connectivity index (χ1n) is 14.4. The van der Waals surface area contributed by atoms with E-state index >= 15 is 0 Å². The van der Waals surface area contributed by atoms with Crippen molar-refractivity contribution < 1.29 is 0 Å². The van der Waals surface area contributed by atoms with Crippen molar-refractivity contribution >= 4 is 16.5 Å². The third-order valence-corrected chi connectivity index (χ3v) is 11.3. The molecule has 1 aliphatic heterocycles. The van der Waals surface area contributed by atoms with E-state index in [0.717, 1.165) is 17.8 Å². The summed E-state index contributed by atoms with van der Waals surface area (Å²) in [5.41, 5.74) is 9.75. The fraction of sp³-hybridized carbons (Fsp3) is 0.471. The van der Waals surface area contributed by atoms with Crippen molar-refractivity contribution in [2.24, 2.45) is 23.7 Å². The second-order valence-corrected chi connectivity index (χ2v) is 13.1. The topological polar surface area (TPSA) is 12.0 Å². The number of fused-ring (bicyclic) bond motifs is 3. The molecular formula is C34H35N. The second kappa shape index (κ2) is 6.81. The molecule has 0 amide bonds. The van der Waals surface area contributed by atoms with Gasteiger partial charge in [-0.1, -0.05) is 54.6 Å². The smallest absolute Gasteiger partial charge is 0.0560 e. The molecule has 35 heavy (non-hydrogen) atoms. The lowest BCUT2D eigenvalue weighted by Crippen LogP contribution is -2.48. The molecule has 1 nitrogen and oxygen atoms in total. The van der Waals surface area contributed by atoms with Gasteiger partial charge < -0.3 is 5.32 Å². The number of hydrogen-bond donors (Lipinski definition) is 1. The minimum absolute atomic E-state index is 0.387. The highest BCUT2D eigenvalue weighted by Crippen LogP contribution is 2.61. The molecule has 4 saturated carbocycles. The zero-order valence-corrected chi connectivity index (χ0v) is 20.6. The Kier molecular flexibility index (Phi) is 3.82. The molecule has 3 atom stereocenters. The Morgan fingerprint density at radius 1 is 0.771 bits per heavy atom. The van der Waals surface area contributed by atoms with Crippen LogP contribution in [0.25, 0.3) is 10.8 Å². The molecule has 7 aliphatic rings. The van der Waals surface area contributed by atoms with Crippen molar-refractivity contribution in [1.82, 2.24) is 0 Å². The lowest BCUT2D eigenvalue weighted by atomic mass is 9.48. The van der Waals surface area contributed by atoms with Crippen molar-refractivity contribution in [2.75, 3.05) is 5.32 Å². The molecule has 176 valence electrons. The van der Waals surface area contributed by atoms with Crippen LogP contribution >= 0.6 is 0 Å². The van der Waals surface area contributed by atoms with Gasteiger partial charge in [0.25, 0.3) is 0 Å². The molecule has 4 fully saturated rings. The van der Waals surface area contributed by atoms with Gasteiger partial charge in [0, 0.05) is 11.6 Å². The van der Waals surface area contributed by atoms with Crippen LogP contribution in [-0.4, -0.2) is 0 Å². The fourth-order valence-electron chi connectivity index (χ4n) is 10.2. The SMILES string of the molecule is C1=C[C@H]2c3cc(C45CC6CC(CC(C6)C4)C5)ccc3N[C@@H](c3ccc4c5c(cccc35)CC4)[C@H]2C1. The Morgan fingerprint density at radius 2 is 1.54 bits per heavy atom. The first-order valence-corrected chi connectivity index (χ1v) is 14.4. The summed E-state index contributed by atoms with van der Waals surface area (Å²) in [6, 6.07) is 20.0. The van der Waals surface area contributed by atoms with Crippen LogP contribution in [0.2, 0.25) is 0 Å². The Morgan fingerprint density at radius 3 is 2.34 bits per heavy atom. The number of allylic oxidation sites excluding steroid dienone is 2. The summed E-state index contributed by atoms with van der Waals surface area (Å²) in [7, 11) is 0. The second-order valence-electron chi connectivity index (χ2n) is 13.1. The molecule has 0 spiro atoms. The van der Waals surface area contributed by atoms with E-state index in [0.29, 0.717) is 23.3 Å². The summed E-state index contributed by atoms with van der Waals surface area (Å²) >= 11 is 0. The van der Waals surface area contributed by atoms with Crippen LogP contribution in [0.15, 0.2) is 60.7 Å². The Balaban J connectivity index is 1.14. The molecule has 1 N–H and O–H groups in total. The zero-order chi connectivity index (χ0) is 22.7. The van der Waals surface area contributed by atoms with Crippen LogP contribution in [0.5, 0.6) is 0 Å². The molecule has 3 aromatic carbocycles. The first-order chi connectivity index (χ1) is 17.2. The van der Waals surface area contributed by atoms with Crippen molar-refractivity contribution in [3.8, 4) is 0 Å². The van der Waals surface area contributed by atoms with E-state index in [2.05, 4.69) is 66.0 Å². The quantitative estimate of drug-likeness (QED) is 0.382. The molecule has 0 unspecified atom stereocenters. The number of nitrogens with one attached hydrogen (secondary N) is 1. The number of hydrogen-bond acceptors (Lipinski definition) is 1. The van der Waals surface area contributed by atoms with Crippen LogP contribution in [0, 0.1) is 23.7 Å². The van der Waals surface area contributed by atoms with Crippen LogP contribution in [0.1, 0.15) is 84.7 Å². The summed E-state index contributed by atoms with van der Waals surface area (Å²) in [6.45, 7) is 0. The van der Waals surface area contributed by atoms with Crippen LogP contribution in [0.3, 0.4) is 0 Å². The highest BCUT2D eigenvalue weighted by atomic mass is 15.0. The van der Waals surface area contributed by atoms with Crippen LogP contribution in [0.4, 0.5) is 5.69 Å². The highest BCUT2D eigenvalue weighted by Gasteiger charge is 2.52. The van der Waals surface area contributed by atoms with Gasteiger partial charge in [0.2, 0.25) is 0 Å². The van der Waals surface area contributed by atoms with Crippen molar-refractivity contribution in [3.63, 3.8) is 0 Å². The van der Waals surface area contributed by atoms with Crippen molar-refractivity contribution in [1.29, 1.82) is 0 Å². The summed E-state index contributed by atoms with van der Waals surface area (Å²) in [5, 5.41) is 7.14. The van der Waals surface area contributed by atoms with Gasteiger partial charge in [-0.25, -0.2) is 0 Å². The number of anilines is 1. The minimum atomic E-state index is 0.387. The maximum atomic E-state index is 4.10. The summed E-state index contributed by atoms with van der Waals surface area (Å²) in [6.07, 6.45) is 17.6. The summed E-state index contributed by atoms with van der Waals surface area (Å²) in [4.78, 5) is 0. The lowest BCUT2D eigenvalue weighted by molar-refractivity contribution is -0.00523. The van der Waals surface area contributed by atoms with Crippen LogP contribution < -0.4 is 5.32 Å². The van der Waals surface area contributed by atoms with E-state index < -0.39 is 0 Å². The summed E-state index contributed by atoms with van der Waals surface area (Å²) in [5.74, 6) is 4.17. The lowest BCUT2D eigenvalue weighted by Gasteiger charge is -2.57. The number of benzene rings is 3. The largest absolute Gasteiger partial charge is 0.378 e. The maximum absolute atomic E-state index is 4.10. The molecule has 1 heteroatoms. The normalized spacial score (nSPS) is 37.5. The molecule has 6 aliphatic carbocycles. The third kappa shape index (κ3) is 2.65. The molecule has 4 bridgehead atoms. The fourth-order valence-corrected chi connectivity index (χ4v) is 10.2.